The van der Waals surface area contributed by atoms with E-state index in [-0.39, 0.29) is 17.3 Å². The fourth-order valence-corrected chi connectivity index (χ4v) is 2.44. The maximum Gasteiger partial charge on any atom is 0.419 e. The molecule has 2 atom stereocenters. The molecule has 0 bridgehead atoms. The van der Waals surface area contributed by atoms with Crippen LogP contribution in [0.1, 0.15) is 41.5 Å². The van der Waals surface area contributed by atoms with Gasteiger partial charge in [-0.05, 0) is 47.6 Å². The van der Waals surface area contributed by atoms with Crippen LogP contribution in [0, 0.1) is 23.2 Å². The summed E-state index contributed by atoms with van der Waals surface area (Å²) < 4.78 is 10.6. The van der Waals surface area contributed by atoms with Gasteiger partial charge in [0, 0.05) is 23.2 Å². The van der Waals surface area contributed by atoms with Crippen molar-refractivity contribution in [3.8, 4) is 6.07 Å². The second kappa shape index (κ2) is 8.00. The minimum atomic E-state index is -0.874. The van der Waals surface area contributed by atoms with Crippen molar-refractivity contribution in [2.45, 2.75) is 52.7 Å². The lowest BCUT2D eigenvalue weighted by atomic mass is 9.88. The second-order valence-electron chi connectivity index (χ2n) is 8.00. The van der Waals surface area contributed by atoms with E-state index in [0.29, 0.717) is 0 Å². The first kappa shape index (κ1) is 21.8. The molecule has 0 fully saturated rings. The highest BCUT2D eigenvalue weighted by molar-refractivity contribution is 6.30. The summed E-state index contributed by atoms with van der Waals surface area (Å²) in [5.41, 5.74) is 4.49. The maximum absolute atomic E-state index is 12.6. The first-order valence-electron chi connectivity index (χ1n) is 8.21. The van der Waals surface area contributed by atoms with Gasteiger partial charge in [-0.15, -0.1) is 0 Å². The monoisotopic (exact) mass is 383 g/mol. The molecule has 2 unspecified atom stereocenters. The lowest BCUT2D eigenvalue weighted by molar-refractivity contribution is -0.000937. The van der Waals surface area contributed by atoms with Crippen molar-refractivity contribution in [2.24, 2.45) is 17.6 Å². The van der Waals surface area contributed by atoms with Gasteiger partial charge in [0.25, 0.3) is 0 Å². The number of nitriles is 1. The van der Waals surface area contributed by atoms with Gasteiger partial charge in [0.15, 0.2) is 0 Å². The van der Waals surface area contributed by atoms with Crippen molar-refractivity contribution < 1.29 is 19.1 Å². The quantitative estimate of drug-likeness (QED) is 0.775. The largest absolute Gasteiger partial charge is 0.443 e. The molecule has 1 aliphatic carbocycles. The van der Waals surface area contributed by atoms with E-state index in [1.54, 1.807) is 47.6 Å². The molecule has 0 saturated heterocycles. The zero-order chi connectivity index (χ0) is 20.3. The van der Waals surface area contributed by atoms with Crippen molar-refractivity contribution in [3.63, 3.8) is 0 Å². The average Bonchev–Trinajstić information content (AvgIpc) is 2.44. The number of halogens is 1. The van der Waals surface area contributed by atoms with Crippen molar-refractivity contribution in [3.05, 3.63) is 22.9 Å². The van der Waals surface area contributed by atoms with E-state index in [0.717, 1.165) is 4.90 Å². The number of allylic oxidation sites excluding steroid dienone is 2. The predicted molar refractivity (Wildman–Crippen MR) is 98.0 cm³/mol. The summed E-state index contributed by atoms with van der Waals surface area (Å²) >= 11 is 6.25. The Morgan fingerprint density at radius 1 is 1.19 bits per heavy atom. The summed E-state index contributed by atoms with van der Waals surface area (Å²) in [6.45, 7) is 9.92. The molecule has 0 spiro atoms. The van der Waals surface area contributed by atoms with Crippen LogP contribution in [0.4, 0.5) is 9.59 Å². The Bertz CT molecular complexity index is 637. The summed E-state index contributed by atoms with van der Waals surface area (Å²) in [6, 6.07) is 2.09. The fourth-order valence-electron chi connectivity index (χ4n) is 2.17. The standard InChI is InChI=1S/C18H26ClN3O4/c1-17(2,3)25-15(23)22(16(24)26-18(4,5)6)10-12-11(9-20)7-8-13(21)14(12)19/h7-8,11-12H,10,21H2,1-6H3. The molecule has 0 aliphatic heterocycles. The Morgan fingerprint density at radius 2 is 1.65 bits per heavy atom. The molecule has 1 aliphatic rings. The van der Waals surface area contributed by atoms with E-state index in [2.05, 4.69) is 6.07 Å². The summed E-state index contributed by atoms with van der Waals surface area (Å²) in [4.78, 5) is 25.9. The zero-order valence-corrected chi connectivity index (χ0v) is 16.8. The van der Waals surface area contributed by atoms with E-state index in [4.69, 9.17) is 26.8 Å². The summed E-state index contributed by atoms with van der Waals surface area (Å²) in [7, 11) is 0. The van der Waals surface area contributed by atoms with E-state index < -0.39 is 35.2 Å². The Kier molecular flexibility index (Phi) is 6.72. The summed E-state index contributed by atoms with van der Waals surface area (Å²) in [5.74, 6) is -1.30. The van der Waals surface area contributed by atoms with E-state index in [9.17, 15) is 14.9 Å². The van der Waals surface area contributed by atoms with Gasteiger partial charge < -0.3 is 15.2 Å². The molecule has 1 rings (SSSR count). The van der Waals surface area contributed by atoms with Crippen molar-refractivity contribution >= 4 is 23.8 Å². The van der Waals surface area contributed by atoms with Crippen LogP contribution in [0.15, 0.2) is 22.9 Å². The first-order valence-corrected chi connectivity index (χ1v) is 8.59. The van der Waals surface area contributed by atoms with Crippen LogP contribution in [-0.4, -0.2) is 34.8 Å². The predicted octanol–water partition coefficient (Wildman–Crippen LogP) is 3.89. The Hall–Kier alpha value is -2.20. The van der Waals surface area contributed by atoms with Crippen LogP contribution in [0.3, 0.4) is 0 Å². The molecule has 144 valence electrons. The number of carbonyl (C=O) groups is 2. The zero-order valence-electron chi connectivity index (χ0n) is 16.0. The van der Waals surface area contributed by atoms with Crippen molar-refractivity contribution in [1.82, 2.24) is 4.90 Å². The normalized spacial score (nSPS) is 20.4. The molecular formula is C18H26ClN3O4. The van der Waals surface area contributed by atoms with Gasteiger partial charge in [-0.25, -0.2) is 14.5 Å². The number of amides is 2. The maximum atomic E-state index is 12.6. The molecule has 7 nitrogen and oxygen atoms in total. The van der Waals surface area contributed by atoms with Gasteiger partial charge in [-0.1, -0.05) is 17.7 Å². The van der Waals surface area contributed by atoms with Crippen LogP contribution in [0.2, 0.25) is 0 Å². The van der Waals surface area contributed by atoms with Crippen LogP contribution >= 0.6 is 11.6 Å². The Morgan fingerprint density at radius 3 is 2.04 bits per heavy atom. The fraction of sp³-hybridized carbons (Fsp3) is 0.611. The third-order valence-corrected chi connectivity index (χ3v) is 3.77. The highest BCUT2D eigenvalue weighted by Gasteiger charge is 2.37. The summed E-state index contributed by atoms with van der Waals surface area (Å²) in [5, 5.41) is 9.57. The topological polar surface area (TPSA) is 106 Å². The molecule has 0 aromatic heterocycles. The molecular weight excluding hydrogens is 358 g/mol. The number of nitrogens with zero attached hydrogens (tertiary/aromatic N) is 2. The molecule has 0 saturated carbocycles. The molecule has 0 aromatic rings. The SMILES string of the molecule is CC(C)(C)OC(=O)N(CC1C(Cl)=C(N)C=CC1C#N)C(=O)OC(C)(C)C. The Labute approximate surface area is 159 Å². The number of ether oxygens (including phenoxy) is 2. The lowest BCUT2D eigenvalue weighted by Crippen LogP contribution is -2.46. The van der Waals surface area contributed by atoms with E-state index in [1.165, 1.54) is 6.08 Å². The molecule has 8 heteroatoms. The van der Waals surface area contributed by atoms with Crippen LogP contribution in [0.25, 0.3) is 0 Å². The van der Waals surface area contributed by atoms with Crippen molar-refractivity contribution in [2.75, 3.05) is 6.54 Å². The smallest absolute Gasteiger partial charge is 0.419 e. The molecule has 0 radical (unpaired) electrons. The van der Waals surface area contributed by atoms with E-state index in [1.807, 2.05) is 0 Å². The van der Waals surface area contributed by atoms with Crippen LogP contribution in [-0.2, 0) is 9.47 Å². The van der Waals surface area contributed by atoms with Gasteiger partial charge >= 0.3 is 12.2 Å². The third-order valence-electron chi connectivity index (χ3n) is 3.27. The van der Waals surface area contributed by atoms with Crippen LogP contribution < -0.4 is 5.73 Å². The molecule has 0 aromatic carbocycles. The number of carbonyl (C=O) groups excluding carboxylic acids is 2. The van der Waals surface area contributed by atoms with Gasteiger partial charge in [0.1, 0.15) is 11.2 Å². The minimum absolute atomic E-state index is 0.189. The molecule has 26 heavy (non-hydrogen) atoms. The first-order chi connectivity index (χ1) is 11.7. The molecule has 2 amide bonds. The number of hydrogen-bond donors (Lipinski definition) is 1. The molecule has 2 N–H and O–H groups in total. The number of hydrogen-bond acceptors (Lipinski definition) is 6. The number of imide groups is 1. The van der Waals surface area contributed by atoms with E-state index >= 15 is 0 Å². The minimum Gasteiger partial charge on any atom is -0.443 e. The lowest BCUT2D eigenvalue weighted by Gasteiger charge is -2.32. The highest BCUT2D eigenvalue weighted by atomic mass is 35.5. The third kappa shape index (κ3) is 6.26. The average molecular weight is 384 g/mol. The van der Waals surface area contributed by atoms with Crippen molar-refractivity contribution in [1.29, 1.82) is 5.26 Å². The highest BCUT2D eigenvalue weighted by Crippen LogP contribution is 2.32. The second-order valence-corrected chi connectivity index (χ2v) is 8.40. The number of nitrogens with two attached hydrogens (primary N) is 1. The van der Waals surface area contributed by atoms with Gasteiger partial charge in [-0.3, -0.25) is 0 Å². The van der Waals surface area contributed by atoms with Gasteiger partial charge in [-0.2, -0.15) is 5.26 Å². The Balaban J connectivity index is 3.16. The number of rotatable bonds is 2. The van der Waals surface area contributed by atoms with Crippen LogP contribution in [0.5, 0.6) is 0 Å². The molecule has 0 heterocycles. The van der Waals surface area contributed by atoms with Gasteiger partial charge in [0.2, 0.25) is 0 Å². The summed E-state index contributed by atoms with van der Waals surface area (Å²) in [6.07, 6.45) is 1.38. The van der Waals surface area contributed by atoms with Gasteiger partial charge in [0.05, 0.1) is 12.0 Å².